The van der Waals surface area contributed by atoms with Crippen molar-refractivity contribution in [3.63, 3.8) is 0 Å². The number of hydrogen-bond donors (Lipinski definition) is 2. The zero-order chi connectivity index (χ0) is 31.3. The van der Waals surface area contributed by atoms with Crippen molar-refractivity contribution < 1.29 is 37.0 Å². The number of nitrogens with zero attached hydrogens (tertiary/aromatic N) is 2. The molecule has 0 aromatic heterocycles. The Hall–Kier alpha value is -3.22. The van der Waals surface area contributed by atoms with Crippen LogP contribution in [0.15, 0.2) is 36.4 Å². The van der Waals surface area contributed by atoms with Crippen molar-refractivity contribution in [2.75, 3.05) is 37.6 Å². The molecule has 2 N–H and O–H groups in total. The zero-order valence-electron chi connectivity index (χ0n) is 25.2. The van der Waals surface area contributed by atoms with Crippen LogP contribution in [0.2, 0.25) is 0 Å². The molecule has 236 valence electrons. The van der Waals surface area contributed by atoms with E-state index in [1.165, 1.54) is 6.07 Å². The molecule has 0 bridgehead atoms. The van der Waals surface area contributed by atoms with Gasteiger partial charge in [-0.3, -0.25) is 14.5 Å². The molecule has 1 amide bonds. The molecule has 3 atom stereocenters. The standard InChI is InChI=1S/C31H42FN3O7S/c1-5-7-22(8-6-2)35(23-10-11-25(32)20(3)15-23)29(36)18-34-17-24(21-9-12-27-28(16-21)42-19-41-27)30(31(37)38)26(34)13-14-33-43(4,39)40/h9-12,15-16,22,24,26,30,33H,5-8,13-14,17-19H2,1-4H3,(H,37,38)/t24-,26+,30?/m1/s1. The number of carbonyl (C=O) groups is 2. The highest BCUT2D eigenvalue weighted by Gasteiger charge is 2.47. The summed E-state index contributed by atoms with van der Waals surface area (Å²) in [6, 6.07) is 9.28. The third-order valence-electron chi connectivity index (χ3n) is 8.30. The number of aliphatic carboxylic acids is 1. The molecule has 1 unspecified atom stereocenters. The normalized spacial score (nSPS) is 20.1. The summed E-state index contributed by atoms with van der Waals surface area (Å²) in [5.41, 5.74) is 1.78. The molecule has 2 aromatic rings. The number of ether oxygens (including phenoxy) is 2. The van der Waals surface area contributed by atoms with Crippen molar-refractivity contribution in [1.82, 2.24) is 9.62 Å². The number of carboxylic acids is 1. The molecule has 2 aliphatic rings. The van der Waals surface area contributed by atoms with E-state index in [1.54, 1.807) is 36.1 Å². The molecule has 10 nitrogen and oxygen atoms in total. The van der Waals surface area contributed by atoms with Crippen molar-refractivity contribution in [2.24, 2.45) is 5.92 Å². The topological polar surface area (TPSA) is 125 Å². The fourth-order valence-corrected chi connectivity index (χ4v) is 6.87. The zero-order valence-corrected chi connectivity index (χ0v) is 26.0. The Morgan fingerprint density at radius 3 is 2.44 bits per heavy atom. The minimum absolute atomic E-state index is 0.0288. The van der Waals surface area contributed by atoms with Gasteiger partial charge in [0.1, 0.15) is 5.82 Å². The summed E-state index contributed by atoms with van der Waals surface area (Å²) >= 11 is 0. The summed E-state index contributed by atoms with van der Waals surface area (Å²) in [5.74, 6) is -1.86. The van der Waals surface area contributed by atoms with Crippen molar-refractivity contribution >= 4 is 27.6 Å². The number of nitrogens with one attached hydrogen (secondary N) is 1. The van der Waals surface area contributed by atoms with Crippen LogP contribution in [0.5, 0.6) is 11.5 Å². The van der Waals surface area contributed by atoms with Gasteiger partial charge < -0.3 is 19.5 Å². The molecule has 2 heterocycles. The second-order valence-electron chi connectivity index (χ2n) is 11.5. The first kappa shape index (κ1) is 32.7. The number of amides is 1. The quantitative estimate of drug-likeness (QED) is 0.321. The predicted molar refractivity (Wildman–Crippen MR) is 161 cm³/mol. The van der Waals surface area contributed by atoms with Crippen LogP contribution < -0.4 is 19.1 Å². The summed E-state index contributed by atoms with van der Waals surface area (Å²) < 4.78 is 51.3. The Morgan fingerprint density at radius 1 is 1.12 bits per heavy atom. The monoisotopic (exact) mass is 619 g/mol. The first-order chi connectivity index (χ1) is 20.4. The van der Waals surface area contributed by atoms with E-state index in [0.717, 1.165) is 37.5 Å². The Bertz CT molecular complexity index is 1410. The van der Waals surface area contributed by atoms with Gasteiger partial charge in [-0.25, -0.2) is 17.5 Å². The van der Waals surface area contributed by atoms with E-state index < -0.39 is 33.9 Å². The molecule has 2 aromatic carbocycles. The molecule has 0 aliphatic carbocycles. The van der Waals surface area contributed by atoms with Crippen LogP contribution in [0.25, 0.3) is 0 Å². The molecule has 4 rings (SSSR count). The number of anilines is 1. The fourth-order valence-electron chi connectivity index (χ4n) is 6.38. The van der Waals surface area contributed by atoms with Gasteiger partial charge in [0.25, 0.3) is 0 Å². The molecule has 0 saturated carbocycles. The molecule has 43 heavy (non-hydrogen) atoms. The fraction of sp³-hybridized carbons (Fsp3) is 0.548. The van der Waals surface area contributed by atoms with Crippen LogP contribution in [-0.4, -0.2) is 75.1 Å². The van der Waals surface area contributed by atoms with E-state index in [2.05, 4.69) is 18.6 Å². The van der Waals surface area contributed by atoms with E-state index in [9.17, 15) is 27.5 Å². The lowest BCUT2D eigenvalue weighted by Crippen LogP contribution is -2.48. The lowest BCUT2D eigenvalue weighted by molar-refractivity contribution is -0.143. The van der Waals surface area contributed by atoms with E-state index in [4.69, 9.17) is 9.47 Å². The highest BCUT2D eigenvalue weighted by Crippen LogP contribution is 2.43. The number of likely N-dealkylation sites (tertiary alicyclic amines) is 1. The third-order valence-corrected chi connectivity index (χ3v) is 9.03. The maximum absolute atomic E-state index is 14.2. The van der Waals surface area contributed by atoms with E-state index in [0.29, 0.717) is 22.7 Å². The number of carbonyl (C=O) groups excluding carboxylic acids is 1. The smallest absolute Gasteiger partial charge is 0.308 e. The van der Waals surface area contributed by atoms with Crippen molar-refractivity contribution in [3.05, 3.63) is 53.3 Å². The Labute approximate surface area is 253 Å². The van der Waals surface area contributed by atoms with Crippen LogP contribution in [0.4, 0.5) is 10.1 Å². The van der Waals surface area contributed by atoms with Crippen molar-refractivity contribution in [1.29, 1.82) is 0 Å². The van der Waals surface area contributed by atoms with Gasteiger partial charge in [0.15, 0.2) is 11.5 Å². The van der Waals surface area contributed by atoms with Crippen LogP contribution >= 0.6 is 0 Å². The number of hydrogen-bond acceptors (Lipinski definition) is 7. The predicted octanol–water partition coefficient (Wildman–Crippen LogP) is 4.27. The van der Waals surface area contributed by atoms with Gasteiger partial charge in [0.2, 0.25) is 22.7 Å². The Morgan fingerprint density at radius 2 is 1.81 bits per heavy atom. The average Bonchev–Trinajstić information content (AvgIpc) is 3.55. The number of sulfonamides is 1. The number of benzene rings is 2. The lowest BCUT2D eigenvalue weighted by Gasteiger charge is -2.35. The molecule has 0 radical (unpaired) electrons. The molecule has 2 aliphatic heterocycles. The second kappa shape index (κ2) is 14.0. The van der Waals surface area contributed by atoms with Crippen molar-refractivity contribution in [2.45, 2.75) is 70.9 Å². The first-order valence-corrected chi connectivity index (χ1v) is 16.7. The number of carboxylic acid groups (broad SMARTS) is 1. The molecular weight excluding hydrogens is 577 g/mol. The van der Waals surface area contributed by atoms with Gasteiger partial charge in [-0.1, -0.05) is 32.8 Å². The SMILES string of the molecule is CCCC(CCC)N(C(=O)CN1C[C@H](c2ccc3c(c2)OCO3)C(C(=O)O)[C@@H]1CCNS(C)(=O)=O)c1ccc(F)c(C)c1. The van der Waals surface area contributed by atoms with E-state index in [1.807, 2.05) is 11.0 Å². The number of halogens is 1. The van der Waals surface area contributed by atoms with E-state index >= 15 is 0 Å². The van der Waals surface area contributed by atoms with Gasteiger partial charge in [0, 0.05) is 36.8 Å². The average molecular weight is 620 g/mol. The maximum atomic E-state index is 14.2. The summed E-state index contributed by atoms with van der Waals surface area (Å²) in [4.78, 5) is 30.6. The lowest BCUT2D eigenvalue weighted by atomic mass is 9.84. The number of fused-ring (bicyclic) bond motifs is 1. The molecule has 1 saturated heterocycles. The second-order valence-corrected chi connectivity index (χ2v) is 13.3. The Balaban J connectivity index is 1.69. The molecule has 0 spiro atoms. The largest absolute Gasteiger partial charge is 0.481 e. The summed E-state index contributed by atoms with van der Waals surface area (Å²) in [7, 11) is -3.50. The molecule has 12 heteroatoms. The number of aryl methyl sites for hydroxylation is 1. The van der Waals surface area contributed by atoms with Gasteiger partial charge in [-0.2, -0.15) is 0 Å². The highest BCUT2D eigenvalue weighted by atomic mass is 32.2. The van der Waals surface area contributed by atoms with Crippen molar-refractivity contribution in [3.8, 4) is 11.5 Å². The summed E-state index contributed by atoms with van der Waals surface area (Å²) in [6.07, 6.45) is 4.47. The molecule has 1 fully saturated rings. The van der Waals surface area contributed by atoms with Gasteiger partial charge in [-0.15, -0.1) is 0 Å². The maximum Gasteiger partial charge on any atom is 0.308 e. The van der Waals surface area contributed by atoms with Crippen LogP contribution in [0, 0.1) is 18.7 Å². The van der Waals surface area contributed by atoms with Crippen LogP contribution in [-0.2, 0) is 19.6 Å². The third kappa shape index (κ3) is 7.84. The van der Waals surface area contributed by atoms with Crippen LogP contribution in [0.3, 0.4) is 0 Å². The number of rotatable bonds is 14. The van der Waals surface area contributed by atoms with Crippen LogP contribution in [0.1, 0.15) is 63.0 Å². The van der Waals surface area contributed by atoms with E-state index in [-0.39, 0.29) is 50.6 Å². The summed E-state index contributed by atoms with van der Waals surface area (Å²) in [5, 5.41) is 10.4. The first-order valence-electron chi connectivity index (χ1n) is 14.8. The minimum Gasteiger partial charge on any atom is -0.481 e. The summed E-state index contributed by atoms with van der Waals surface area (Å²) in [6.45, 7) is 6.08. The van der Waals surface area contributed by atoms with Gasteiger partial charge >= 0.3 is 5.97 Å². The van der Waals surface area contributed by atoms with Gasteiger partial charge in [-0.05, 0) is 67.6 Å². The Kier molecular flexibility index (Phi) is 10.7. The highest BCUT2D eigenvalue weighted by molar-refractivity contribution is 7.88. The van der Waals surface area contributed by atoms with Gasteiger partial charge in [0.05, 0.1) is 18.7 Å². The molecular formula is C31H42FN3O7S. The minimum atomic E-state index is -3.50.